The van der Waals surface area contributed by atoms with Crippen LogP contribution < -0.4 is 5.73 Å². The molecule has 3 nitrogen and oxygen atoms in total. The van der Waals surface area contributed by atoms with E-state index in [1.54, 1.807) is 26.8 Å². The van der Waals surface area contributed by atoms with E-state index in [1.807, 2.05) is 6.92 Å². The van der Waals surface area contributed by atoms with Crippen molar-refractivity contribution in [1.29, 1.82) is 0 Å². The van der Waals surface area contributed by atoms with Crippen molar-refractivity contribution in [1.82, 2.24) is 0 Å². The zero-order valence-electron chi connectivity index (χ0n) is 8.79. The van der Waals surface area contributed by atoms with Gasteiger partial charge in [0.2, 0.25) is 0 Å². The summed E-state index contributed by atoms with van der Waals surface area (Å²) in [7, 11) is -3.03. The lowest BCUT2D eigenvalue weighted by atomic mass is 10.3. The standard InChI is InChI=1S/C9H19NO2S/c1-8(7-10)5-6-13(11,12)9(2,3)4/h5H,6-7,10H2,1-4H3. The van der Waals surface area contributed by atoms with Crippen LogP contribution in [-0.2, 0) is 9.84 Å². The fraction of sp³-hybridized carbons (Fsp3) is 0.778. The minimum Gasteiger partial charge on any atom is -0.327 e. The molecular weight excluding hydrogens is 186 g/mol. The van der Waals surface area contributed by atoms with Crippen LogP contribution in [0.1, 0.15) is 27.7 Å². The highest BCUT2D eigenvalue weighted by atomic mass is 32.2. The van der Waals surface area contributed by atoms with Crippen molar-refractivity contribution >= 4 is 9.84 Å². The molecule has 13 heavy (non-hydrogen) atoms. The van der Waals surface area contributed by atoms with Crippen molar-refractivity contribution in [3.05, 3.63) is 11.6 Å². The predicted octanol–water partition coefficient (Wildman–Crippen LogP) is 1.10. The van der Waals surface area contributed by atoms with E-state index < -0.39 is 14.6 Å². The molecule has 0 aromatic carbocycles. The zero-order valence-corrected chi connectivity index (χ0v) is 9.61. The van der Waals surface area contributed by atoms with Crippen molar-refractivity contribution in [2.75, 3.05) is 12.3 Å². The minimum absolute atomic E-state index is 0.0829. The van der Waals surface area contributed by atoms with E-state index >= 15 is 0 Å². The monoisotopic (exact) mass is 205 g/mol. The first-order chi connectivity index (χ1) is 5.70. The van der Waals surface area contributed by atoms with Gasteiger partial charge in [0, 0.05) is 6.54 Å². The van der Waals surface area contributed by atoms with Crippen LogP contribution in [0.25, 0.3) is 0 Å². The van der Waals surface area contributed by atoms with Crippen molar-refractivity contribution in [2.45, 2.75) is 32.4 Å². The molecule has 0 aromatic heterocycles. The Hall–Kier alpha value is -0.350. The number of nitrogens with two attached hydrogens (primary N) is 1. The average Bonchev–Trinajstić information content (AvgIpc) is 1.98. The fourth-order valence-corrected chi connectivity index (χ4v) is 1.59. The van der Waals surface area contributed by atoms with Gasteiger partial charge in [-0.05, 0) is 27.7 Å². The molecule has 4 heteroatoms. The summed E-state index contributed by atoms with van der Waals surface area (Å²) in [5.41, 5.74) is 6.26. The van der Waals surface area contributed by atoms with Crippen molar-refractivity contribution in [2.24, 2.45) is 5.73 Å². The van der Waals surface area contributed by atoms with Crippen LogP contribution in [-0.4, -0.2) is 25.5 Å². The first-order valence-corrected chi connectivity index (χ1v) is 5.94. The van der Waals surface area contributed by atoms with Crippen molar-refractivity contribution < 1.29 is 8.42 Å². The molecule has 0 radical (unpaired) electrons. The summed E-state index contributed by atoms with van der Waals surface area (Å²) in [5.74, 6) is 0.0829. The maximum absolute atomic E-state index is 11.6. The number of sulfone groups is 1. The Morgan fingerprint density at radius 3 is 2.15 bits per heavy atom. The molecular formula is C9H19NO2S. The maximum atomic E-state index is 11.6. The molecule has 0 saturated heterocycles. The predicted molar refractivity (Wildman–Crippen MR) is 56.4 cm³/mol. The molecule has 78 valence electrons. The number of hydrogen-bond donors (Lipinski definition) is 1. The van der Waals surface area contributed by atoms with Gasteiger partial charge in [0.1, 0.15) is 0 Å². The van der Waals surface area contributed by atoms with Crippen LogP contribution >= 0.6 is 0 Å². The Morgan fingerprint density at radius 2 is 1.85 bits per heavy atom. The summed E-state index contributed by atoms with van der Waals surface area (Å²) in [6.45, 7) is 7.35. The van der Waals surface area contributed by atoms with E-state index in [2.05, 4.69) is 0 Å². The third kappa shape index (κ3) is 3.91. The van der Waals surface area contributed by atoms with Gasteiger partial charge in [-0.2, -0.15) is 0 Å². The molecule has 0 aliphatic heterocycles. The van der Waals surface area contributed by atoms with Gasteiger partial charge < -0.3 is 5.73 Å². The van der Waals surface area contributed by atoms with E-state index in [0.29, 0.717) is 6.54 Å². The van der Waals surface area contributed by atoms with Gasteiger partial charge in [-0.3, -0.25) is 0 Å². The number of hydrogen-bond acceptors (Lipinski definition) is 3. The van der Waals surface area contributed by atoms with Crippen LogP contribution in [0.3, 0.4) is 0 Å². The van der Waals surface area contributed by atoms with Gasteiger partial charge in [-0.1, -0.05) is 11.6 Å². The van der Waals surface area contributed by atoms with Crippen LogP contribution in [0.2, 0.25) is 0 Å². The summed E-state index contributed by atoms with van der Waals surface area (Å²) in [6.07, 6.45) is 1.68. The van der Waals surface area contributed by atoms with Crippen molar-refractivity contribution in [3.8, 4) is 0 Å². The fourth-order valence-electron chi connectivity index (χ4n) is 0.585. The Morgan fingerprint density at radius 1 is 1.38 bits per heavy atom. The highest BCUT2D eigenvalue weighted by Crippen LogP contribution is 2.16. The van der Waals surface area contributed by atoms with Gasteiger partial charge in [0.15, 0.2) is 9.84 Å². The van der Waals surface area contributed by atoms with Gasteiger partial charge in [0.05, 0.1) is 10.5 Å². The third-order valence-electron chi connectivity index (χ3n) is 1.91. The summed E-state index contributed by atoms with van der Waals surface area (Å²) in [5, 5.41) is 0. The van der Waals surface area contributed by atoms with Gasteiger partial charge in [-0.15, -0.1) is 0 Å². The lowest BCUT2D eigenvalue weighted by Crippen LogP contribution is -2.29. The van der Waals surface area contributed by atoms with Crippen LogP contribution in [0.15, 0.2) is 11.6 Å². The molecule has 0 fully saturated rings. The Balaban J connectivity index is 4.57. The highest BCUT2D eigenvalue weighted by Gasteiger charge is 2.27. The quantitative estimate of drug-likeness (QED) is 0.702. The zero-order chi connectivity index (χ0) is 10.7. The second kappa shape index (κ2) is 4.24. The summed E-state index contributed by atoms with van der Waals surface area (Å²) in [6, 6.07) is 0. The molecule has 0 rings (SSSR count). The molecule has 0 atom stereocenters. The summed E-state index contributed by atoms with van der Waals surface area (Å²) < 4.78 is 22.5. The molecule has 0 bridgehead atoms. The molecule has 0 aliphatic rings. The molecule has 0 unspecified atom stereocenters. The van der Waals surface area contributed by atoms with Crippen molar-refractivity contribution in [3.63, 3.8) is 0 Å². The number of rotatable bonds is 3. The van der Waals surface area contributed by atoms with E-state index in [9.17, 15) is 8.42 Å². The Kier molecular flexibility index (Phi) is 4.13. The molecule has 0 saturated carbocycles. The van der Waals surface area contributed by atoms with Crippen LogP contribution in [0, 0.1) is 0 Å². The SMILES string of the molecule is CC(=CCS(=O)(=O)C(C)(C)C)CN. The topological polar surface area (TPSA) is 60.2 Å². The summed E-state index contributed by atoms with van der Waals surface area (Å²) >= 11 is 0. The second-order valence-corrected chi connectivity index (χ2v) is 6.94. The Labute approximate surface area is 80.9 Å². The van der Waals surface area contributed by atoms with Gasteiger partial charge in [-0.25, -0.2) is 8.42 Å². The third-order valence-corrected chi connectivity index (χ3v) is 4.38. The highest BCUT2D eigenvalue weighted by molar-refractivity contribution is 7.92. The molecule has 0 heterocycles. The molecule has 0 amide bonds. The molecule has 0 aromatic rings. The Bertz CT molecular complexity index is 283. The second-order valence-electron chi connectivity index (χ2n) is 4.15. The van der Waals surface area contributed by atoms with E-state index in [1.165, 1.54) is 0 Å². The first-order valence-electron chi connectivity index (χ1n) is 4.28. The van der Waals surface area contributed by atoms with Crippen LogP contribution in [0.4, 0.5) is 0 Å². The maximum Gasteiger partial charge on any atom is 0.158 e. The minimum atomic E-state index is -3.03. The molecule has 0 spiro atoms. The normalized spacial score (nSPS) is 14.7. The van der Waals surface area contributed by atoms with E-state index in [0.717, 1.165) is 5.57 Å². The smallest absolute Gasteiger partial charge is 0.158 e. The molecule has 0 aliphatic carbocycles. The lowest BCUT2D eigenvalue weighted by molar-refractivity contribution is 0.563. The average molecular weight is 205 g/mol. The largest absolute Gasteiger partial charge is 0.327 e. The van der Waals surface area contributed by atoms with E-state index in [-0.39, 0.29) is 5.75 Å². The van der Waals surface area contributed by atoms with Crippen LogP contribution in [0.5, 0.6) is 0 Å². The van der Waals surface area contributed by atoms with Gasteiger partial charge >= 0.3 is 0 Å². The van der Waals surface area contributed by atoms with Gasteiger partial charge in [0.25, 0.3) is 0 Å². The molecule has 2 N–H and O–H groups in total. The lowest BCUT2D eigenvalue weighted by Gasteiger charge is -2.17. The first kappa shape index (κ1) is 12.7. The van der Waals surface area contributed by atoms with E-state index in [4.69, 9.17) is 5.73 Å². The summed E-state index contributed by atoms with van der Waals surface area (Å²) in [4.78, 5) is 0.